The number of rotatable bonds is 4. The molecule has 1 aromatic rings. The van der Waals surface area contributed by atoms with Gasteiger partial charge >= 0.3 is 0 Å². The third kappa shape index (κ3) is 3.01. The summed E-state index contributed by atoms with van der Waals surface area (Å²) in [7, 11) is 0. The maximum Gasteiger partial charge on any atom is 0.0911 e. The molecule has 1 nitrogen and oxygen atoms in total. The van der Waals surface area contributed by atoms with Gasteiger partial charge in [-0.2, -0.15) is 0 Å². The van der Waals surface area contributed by atoms with Crippen LogP contribution in [0.5, 0.6) is 0 Å². The molecule has 0 saturated heterocycles. The third-order valence-electron chi connectivity index (χ3n) is 1.66. The first-order chi connectivity index (χ1) is 6.66. The summed E-state index contributed by atoms with van der Waals surface area (Å²) in [5.41, 5.74) is 0.730. The Morgan fingerprint density at radius 2 is 2.00 bits per heavy atom. The van der Waals surface area contributed by atoms with E-state index in [4.69, 9.17) is 23.2 Å². The van der Waals surface area contributed by atoms with E-state index in [1.165, 1.54) is 0 Å². The summed E-state index contributed by atoms with van der Waals surface area (Å²) in [6.45, 7) is 0.211. The van der Waals surface area contributed by atoms with Gasteiger partial charge in [0.25, 0.3) is 0 Å². The molecule has 5 heteroatoms. The Labute approximate surface area is 101 Å². The fourth-order valence-electron chi connectivity index (χ4n) is 0.952. The molecule has 0 aliphatic rings. The highest BCUT2D eigenvalue weighted by Gasteiger charge is 2.07. The lowest BCUT2D eigenvalue weighted by Gasteiger charge is -2.09. The van der Waals surface area contributed by atoms with E-state index in [-0.39, 0.29) is 6.67 Å². The van der Waals surface area contributed by atoms with Crippen molar-refractivity contribution in [3.05, 3.63) is 26.7 Å². The average molecular weight is 301 g/mol. The van der Waals surface area contributed by atoms with Crippen molar-refractivity contribution in [2.45, 2.75) is 6.42 Å². The van der Waals surface area contributed by atoms with Crippen LogP contribution in [0.15, 0.2) is 16.6 Å². The van der Waals surface area contributed by atoms with Crippen molar-refractivity contribution >= 4 is 44.8 Å². The van der Waals surface area contributed by atoms with Crippen molar-refractivity contribution < 1.29 is 4.39 Å². The number of nitrogens with one attached hydrogen (secondary N) is 1. The number of anilines is 1. The van der Waals surface area contributed by atoms with Crippen molar-refractivity contribution in [1.29, 1.82) is 0 Å². The lowest BCUT2D eigenvalue weighted by atomic mass is 10.3. The summed E-state index contributed by atoms with van der Waals surface area (Å²) in [5.74, 6) is 0. The predicted octanol–water partition coefficient (Wildman–Crippen LogP) is 4.53. The Morgan fingerprint density at radius 1 is 1.29 bits per heavy atom. The normalized spacial score (nSPS) is 10.3. The summed E-state index contributed by atoms with van der Waals surface area (Å²) >= 11 is 15.1. The van der Waals surface area contributed by atoms with Gasteiger partial charge in [-0.15, -0.1) is 0 Å². The maximum absolute atomic E-state index is 11.8. The summed E-state index contributed by atoms with van der Waals surface area (Å²) in [4.78, 5) is 0. The highest BCUT2D eigenvalue weighted by atomic mass is 79.9. The highest BCUT2D eigenvalue weighted by Crippen LogP contribution is 2.35. The zero-order valence-electron chi connectivity index (χ0n) is 7.29. The fraction of sp³-hybridized carbons (Fsp3) is 0.333. The Kier molecular flexibility index (Phi) is 4.99. The van der Waals surface area contributed by atoms with Crippen LogP contribution in [0.25, 0.3) is 0 Å². The second kappa shape index (κ2) is 5.79. The summed E-state index contributed by atoms with van der Waals surface area (Å²) in [5, 5.41) is 3.93. The molecule has 1 aromatic carbocycles. The summed E-state index contributed by atoms with van der Waals surface area (Å²) in [6.07, 6.45) is 0.462. The van der Waals surface area contributed by atoms with Crippen LogP contribution in [-0.4, -0.2) is 13.2 Å². The smallest absolute Gasteiger partial charge is 0.0911 e. The van der Waals surface area contributed by atoms with Crippen molar-refractivity contribution in [1.82, 2.24) is 0 Å². The van der Waals surface area contributed by atoms with Gasteiger partial charge in [0, 0.05) is 11.0 Å². The summed E-state index contributed by atoms with van der Waals surface area (Å²) < 4.78 is 12.6. The standard InChI is InChI=1S/C9H9BrCl2FN/c10-6-2-3-7(9(12)8(6)11)14-5-1-4-13/h2-3,14H,1,4-5H2. The first-order valence-electron chi connectivity index (χ1n) is 4.10. The number of benzene rings is 1. The first-order valence-corrected chi connectivity index (χ1v) is 5.65. The molecule has 0 spiro atoms. The molecule has 0 unspecified atom stereocenters. The van der Waals surface area contributed by atoms with E-state index in [1.807, 2.05) is 0 Å². The predicted molar refractivity (Wildman–Crippen MR) is 63.2 cm³/mol. The second-order valence-electron chi connectivity index (χ2n) is 2.69. The minimum absolute atomic E-state index is 0.338. The van der Waals surface area contributed by atoms with Crippen molar-refractivity contribution in [2.24, 2.45) is 0 Å². The van der Waals surface area contributed by atoms with Crippen LogP contribution in [-0.2, 0) is 0 Å². The number of alkyl halides is 1. The largest absolute Gasteiger partial charge is 0.384 e. The molecule has 0 heterocycles. The van der Waals surface area contributed by atoms with Crippen LogP contribution in [0.1, 0.15) is 6.42 Å². The van der Waals surface area contributed by atoms with E-state index >= 15 is 0 Å². The number of hydrogen-bond acceptors (Lipinski definition) is 1. The van der Waals surface area contributed by atoms with Gasteiger partial charge in [0.05, 0.1) is 22.4 Å². The van der Waals surface area contributed by atoms with Gasteiger partial charge in [-0.3, -0.25) is 4.39 Å². The van der Waals surface area contributed by atoms with Gasteiger partial charge in [-0.05, 0) is 34.5 Å². The lowest BCUT2D eigenvalue weighted by Crippen LogP contribution is -2.02. The van der Waals surface area contributed by atoms with Gasteiger partial charge in [-0.25, -0.2) is 0 Å². The molecule has 1 N–H and O–H groups in total. The minimum Gasteiger partial charge on any atom is -0.384 e. The van der Waals surface area contributed by atoms with Gasteiger partial charge < -0.3 is 5.32 Å². The van der Waals surface area contributed by atoms with Crippen molar-refractivity contribution in [3.63, 3.8) is 0 Å². The summed E-state index contributed by atoms with van der Waals surface area (Å²) in [6, 6.07) is 3.60. The van der Waals surface area contributed by atoms with E-state index in [1.54, 1.807) is 12.1 Å². The zero-order valence-corrected chi connectivity index (χ0v) is 10.4. The highest BCUT2D eigenvalue weighted by molar-refractivity contribution is 9.10. The monoisotopic (exact) mass is 299 g/mol. The van der Waals surface area contributed by atoms with Crippen LogP contribution >= 0.6 is 39.1 Å². The molecule has 0 aromatic heterocycles. The quantitative estimate of drug-likeness (QED) is 0.636. The molecule has 0 aliphatic carbocycles. The van der Waals surface area contributed by atoms with Gasteiger partial charge in [0.2, 0.25) is 0 Å². The van der Waals surface area contributed by atoms with Gasteiger partial charge in [-0.1, -0.05) is 23.2 Å². The van der Waals surface area contributed by atoms with Crippen molar-refractivity contribution in [3.8, 4) is 0 Å². The van der Waals surface area contributed by atoms with Crippen molar-refractivity contribution in [2.75, 3.05) is 18.5 Å². The first kappa shape index (κ1) is 12.1. The minimum atomic E-state index is -0.338. The van der Waals surface area contributed by atoms with Crippen LogP contribution in [0, 0.1) is 0 Å². The number of halogens is 4. The topological polar surface area (TPSA) is 12.0 Å². The molecule has 0 amide bonds. The molecule has 78 valence electrons. The molecule has 0 bridgehead atoms. The SMILES string of the molecule is FCCCNc1ccc(Br)c(Cl)c1Cl. The van der Waals surface area contributed by atoms with Crippen LogP contribution in [0.2, 0.25) is 10.0 Å². The van der Waals surface area contributed by atoms with E-state index in [0.29, 0.717) is 23.0 Å². The Balaban J connectivity index is 2.73. The lowest BCUT2D eigenvalue weighted by molar-refractivity contribution is 0.481. The Morgan fingerprint density at radius 3 is 2.64 bits per heavy atom. The van der Waals surface area contributed by atoms with Gasteiger partial charge in [0.15, 0.2) is 0 Å². The Hall–Kier alpha value is 0.01000. The van der Waals surface area contributed by atoms with Crippen LogP contribution < -0.4 is 5.32 Å². The van der Waals surface area contributed by atoms with E-state index in [9.17, 15) is 4.39 Å². The molecule has 0 atom stereocenters. The molecule has 0 aliphatic heterocycles. The average Bonchev–Trinajstić information content (AvgIpc) is 2.18. The molecule has 0 saturated carbocycles. The molecular weight excluding hydrogens is 292 g/mol. The second-order valence-corrected chi connectivity index (χ2v) is 4.30. The van der Waals surface area contributed by atoms with Gasteiger partial charge in [0.1, 0.15) is 0 Å². The molecular formula is C9H9BrCl2FN. The van der Waals surface area contributed by atoms with Crippen LogP contribution in [0.4, 0.5) is 10.1 Å². The number of hydrogen-bond donors (Lipinski definition) is 1. The van der Waals surface area contributed by atoms with E-state index < -0.39 is 0 Å². The Bertz CT molecular complexity index is 320. The van der Waals surface area contributed by atoms with E-state index in [2.05, 4.69) is 21.2 Å². The molecule has 14 heavy (non-hydrogen) atoms. The van der Waals surface area contributed by atoms with E-state index in [0.717, 1.165) is 10.2 Å². The maximum atomic E-state index is 11.8. The zero-order chi connectivity index (χ0) is 10.6. The molecule has 1 rings (SSSR count). The molecule has 0 radical (unpaired) electrons. The third-order valence-corrected chi connectivity index (χ3v) is 3.43. The molecule has 0 fully saturated rings. The van der Waals surface area contributed by atoms with Crippen LogP contribution in [0.3, 0.4) is 0 Å². The fourth-order valence-corrected chi connectivity index (χ4v) is 1.79.